The zero-order valence-corrected chi connectivity index (χ0v) is 11.2. The van der Waals surface area contributed by atoms with Gasteiger partial charge in [0, 0.05) is 13.0 Å². The van der Waals surface area contributed by atoms with Crippen LogP contribution in [-0.2, 0) is 14.3 Å². The Balaban J connectivity index is 1.81. The van der Waals surface area contributed by atoms with Gasteiger partial charge in [-0.1, -0.05) is 25.7 Å². The number of rotatable bonds is 4. The normalized spacial score (nSPS) is 24.5. The zero-order chi connectivity index (χ0) is 13.0. The maximum Gasteiger partial charge on any atom is 0.328 e. The van der Waals surface area contributed by atoms with Crippen LogP contribution in [-0.4, -0.2) is 36.5 Å². The third kappa shape index (κ3) is 3.03. The minimum atomic E-state index is -0.328. The molecule has 0 aromatic heterocycles. The van der Waals surface area contributed by atoms with Gasteiger partial charge in [0.05, 0.1) is 7.11 Å². The molecule has 2 aliphatic rings. The first-order valence-electron chi connectivity index (χ1n) is 7.09. The number of carbonyl (C=O) groups excluding carboxylic acids is 2. The minimum absolute atomic E-state index is 0.134. The molecule has 0 N–H and O–H groups in total. The second-order valence-electron chi connectivity index (χ2n) is 5.46. The van der Waals surface area contributed by atoms with Crippen LogP contribution < -0.4 is 0 Å². The number of carbonyl (C=O) groups is 2. The Labute approximate surface area is 109 Å². The predicted molar refractivity (Wildman–Crippen MR) is 67.9 cm³/mol. The van der Waals surface area contributed by atoms with Gasteiger partial charge in [-0.05, 0) is 25.2 Å². The Morgan fingerprint density at radius 3 is 2.56 bits per heavy atom. The molecule has 0 bridgehead atoms. The number of hydrogen-bond acceptors (Lipinski definition) is 3. The first kappa shape index (κ1) is 13.4. The van der Waals surface area contributed by atoms with Gasteiger partial charge < -0.3 is 9.64 Å². The molecule has 1 aliphatic carbocycles. The van der Waals surface area contributed by atoms with Gasteiger partial charge in [0.25, 0.3) is 0 Å². The van der Waals surface area contributed by atoms with Gasteiger partial charge in [0.15, 0.2) is 0 Å². The molecule has 1 amide bonds. The van der Waals surface area contributed by atoms with E-state index >= 15 is 0 Å². The number of ether oxygens (including phenoxy) is 1. The molecule has 0 radical (unpaired) electrons. The number of amides is 1. The first-order valence-corrected chi connectivity index (χ1v) is 7.09. The first-order chi connectivity index (χ1) is 8.72. The van der Waals surface area contributed by atoms with Crippen molar-refractivity contribution >= 4 is 11.9 Å². The average Bonchev–Trinajstić information content (AvgIpc) is 3.05. The molecule has 1 aliphatic heterocycles. The quantitative estimate of drug-likeness (QED) is 0.721. The van der Waals surface area contributed by atoms with Gasteiger partial charge in [-0.3, -0.25) is 4.79 Å². The largest absolute Gasteiger partial charge is 0.467 e. The van der Waals surface area contributed by atoms with Crippen LogP contribution in [0.1, 0.15) is 51.4 Å². The number of likely N-dealkylation sites (tertiary alicyclic amines) is 1. The van der Waals surface area contributed by atoms with Gasteiger partial charge in [-0.2, -0.15) is 0 Å². The van der Waals surface area contributed by atoms with Gasteiger partial charge in [-0.25, -0.2) is 4.79 Å². The lowest BCUT2D eigenvalue weighted by molar-refractivity contribution is -0.151. The fourth-order valence-electron chi connectivity index (χ4n) is 3.22. The molecular weight excluding hydrogens is 230 g/mol. The second kappa shape index (κ2) is 6.21. The molecular formula is C14H23NO3. The summed E-state index contributed by atoms with van der Waals surface area (Å²) in [5.41, 5.74) is 0. The third-order valence-electron chi connectivity index (χ3n) is 4.29. The summed E-state index contributed by atoms with van der Waals surface area (Å²) in [4.78, 5) is 25.4. The van der Waals surface area contributed by atoms with Crippen molar-refractivity contribution in [2.24, 2.45) is 5.92 Å². The van der Waals surface area contributed by atoms with Crippen molar-refractivity contribution in [2.45, 2.75) is 57.4 Å². The highest BCUT2D eigenvalue weighted by Gasteiger charge is 2.34. The van der Waals surface area contributed by atoms with Crippen molar-refractivity contribution in [1.29, 1.82) is 0 Å². The van der Waals surface area contributed by atoms with E-state index in [0.29, 0.717) is 13.0 Å². The maximum atomic E-state index is 12.2. The Morgan fingerprint density at radius 2 is 1.89 bits per heavy atom. The second-order valence-corrected chi connectivity index (χ2v) is 5.46. The molecule has 0 unspecified atom stereocenters. The van der Waals surface area contributed by atoms with Gasteiger partial charge >= 0.3 is 5.97 Å². The van der Waals surface area contributed by atoms with Crippen molar-refractivity contribution in [2.75, 3.05) is 13.7 Å². The highest BCUT2D eigenvalue weighted by molar-refractivity contribution is 5.85. The summed E-state index contributed by atoms with van der Waals surface area (Å²) < 4.78 is 4.76. The van der Waals surface area contributed by atoms with Gasteiger partial charge in [-0.15, -0.1) is 0 Å². The Kier molecular flexibility index (Phi) is 4.61. The summed E-state index contributed by atoms with van der Waals surface area (Å²) in [6.07, 6.45) is 8.42. The summed E-state index contributed by atoms with van der Waals surface area (Å²) in [6, 6.07) is -0.328. The van der Waals surface area contributed by atoms with E-state index in [1.54, 1.807) is 4.90 Å². The SMILES string of the molecule is COC(=O)[C@@H]1CCCN1C(=O)CCC1CCCC1. The summed E-state index contributed by atoms with van der Waals surface area (Å²) in [5.74, 6) is 0.602. The Morgan fingerprint density at radius 1 is 1.17 bits per heavy atom. The fourth-order valence-corrected chi connectivity index (χ4v) is 3.22. The monoisotopic (exact) mass is 253 g/mol. The van der Waals surface area contributed by atoms with Crippen LogP contribution in [0.4, 0.5) is 0 Å². The van der Waals surface area contributed by atoms with Crippen LogP contribution in [0.25, 0.3) is 0 Å². The van der Waals surface area contributed by atoms with Crippen LogP contribution in [0.2, 0.25) is 0 Å². The molecule has 4 nitrogen and oxygen atoms in total. The third-order valence-corrected chi connectivity index (χ3v) is 4.29. The lowest BCUT2D eigenvalue weighted by atomic mass is 10.0. The molecule has 102 valence electrons. The molecule has 18 heavy (non-hydrogen) atoms. The Hall–Kier alpha value is -1.06. The van der Waals surface area contributed by atoms with Crippen LogP contribution in [0.15, 0.2) is 0 Å². The van der Waals surface area contributed by atoms with Crippen LogP contribution in [0.5, 0.6) is 0 Å². The van der Waals surface area contributed by atoms with E-state index in [1.807, 2.05) is 0 Å². The van der Waals surface area contributed by atoms with E-state index in [4.69, 9.17) is 4.74 Å². The lowest BCUT2D eigenvalue weighted by Gasteiger charge is -2.23. The lowest BCUT2D eigenvalue weighted by Crippen LogP contribution is -2.41. The highest BCUT2D eigenvalue weighted by Crippen LogP contribution is 2.29. The molecule has 0 aromatic rings. The minimum Gasteiger partial charge on any atom is -0.467 e. The van der Waals surface area contributed by atoms with Crippen molar-refractivity contribution in [3.8, 4) is 0 Å². The van der Waals surface area contributed by atoms with E-state index in [1.165, 1.54) is 32.8 Å². The van der Waals surface area contributed by atoms with Crippen molar-refractivity contribution < 1.29 is 14.3 Å². The summed E-state index contributed by atoms with van der Waals surface area (Å²) >= 11 is 0. The smallest absolute Gasteiger partial charge is 0.328 e. The number of esters is 1. The van der Waals surface area contributed by atoms with E-state index in [2.05, 4.69) is 0 Å². The Bertz CT molecular complexity index is 310. The molecule has 1 saturated heterocycles. The molecule has 0 aromatic carbocycles. The zero-order valence-electron chi connectivity index (χ0n) is 11.2. The van der Waals surface area contributed by atoms with Crippen LogP contribution >= 0.6 is 0 Å². The molecule has 1 saturated carbocycles. The van der Waals surface area contributed by atoms with Crippen molar-refractivity contribution in [3.63, 3.8) is 0 Å². The van der Waals surface area contributed by atoms with E-state index in [-0.39, 0.29) is 17.9 Å². The number of methoxy groups -OCH3 is 1. The summed E-state index contributed by atoms with van der Waals surface area (Å²) in [5, 5.41) is 0. The molecule has 2 rings (SSSR count). The highest BCUT2D eigenvalue weighted by atomic mass is 16.5. The van der Waals surface area contributed by atoms with Crippen molar-refractivity contribution in [1.82, 2.24) is 4.90 Å². The summed E-state index contributed by atoms with van der Waals surface area (Å²) in [6.45, 7) is 0.712. The standard InChI is InChI=1S/C14H23NO3/c1-18-14(17)12-7-4-10-15(12)13(16)9-8-11-5-2-3-6-11/h11-12H,2-10H2,1H3/t12-/m0/s1. The fraction of sp³-hybridized carbons (Fsp3) is 0.857. The van der Waals surface area contributed by atoms with Crippen LogP contribution in [0.3, 0.4) is 0 Å². The molecule has 4 heteroatoms. The number of hydrogen-bond donors (Lipinski definition) is 0. The molecule has 0 spiro atoms. The van der Waals surface area contributed by atoms with Crippen LogP contribution in [0, 0.1) is 5.92 Å². The predicted octanol–water partition coefficient (Wildman–Crippen LogP) is 2.12. The molecule has 1 heterocycles. The molecule has 1 atom stereocenters. The van der Waals surface area contributed by atoms with Crippen molar-refractivity contribution in [3.05, 3.63) is 0 Å². The van der Waals surface area contributed by atoms with Gasteiger partial charge in [0.1, 0.15) is 6.04 Å². The van der Waals surface area contributed by atoms with E-state index in [0.717, 1.165) is 25.2 Å². The number of nitrogens with zero attached hydrogens (tertiary/aromatic N) is 1. The summed E-state index contributed by atoms with van der Waals surface area (Å²) in [7, 11) is 1.39. The van der Waals surface area contributed by atoms with E-state index in [9.17, 15) is 9.59 Å². The maximum absolute atomic E-state index is 12.2. The molecule has 2 fully saturated rings. The van der Waals surface area contributed by atoms with E-state index < -0.39 is 0 Å². The average molecular weight is 253 g/mol. The van der Waals surface area contributed by atoms with Gasteiger partial charge in [0.2, 0.25) is 5.91 Å². The topological polar surface area (TPSA) is 46.6 Å².